The summed E-state index contributed by atoms with van der Waals surface area (Å²) in [5.74, 6) is 0.894. The SMILES string of the molecule is Cc1cc(ONC(=O)C(C)C2CCCCC2)n(-c2ccccc2)n1. The van der Waals surface area contributed by atoms with Gasteiger partial charge in [0.15, 0.2) is 0 Å². The van der Waals surface area contributed by atoms with Gasteiger partial charge in [-0.2, -0.15) is 15.3 Å². The number of rotatable bonds is 5. The zero-order valence-corrected chi connectivity index (χ0v) is 14.4. The Labute approximate surface area is 143 Å². The molecule has 5 nitrogen and oxygen atoms in total. The molecule has 1 aliphatic carbocycles. The third-order valence-corrected chi connectivity index (χ3v) is 4.83. The fraction of sp³-hybridized carbons (Fsp3) is 0.474. The van der Waals surface area contributed by atoms with Crippen LogP contribution in [-0.2, 0) is 4.79 Å². The zero-order chi connectivity index (χ0) is 16.9. The largest absolute Gasteiger partial charge is 0.359 e. The number of benzene rings is 1. The van der Waals surface area contributed by atoms with E-state index in [9.17, 15) is 4.79 Å². The van der Waals surface area contributed by atoms with Crippen LogP contribution >= 0.6 is 0 Å². The molecule has 1 aliphatic rings. The average molecular weight is 327 g/mol. The van der Waals surface area contributed by atoms with Crippen molar-refractivity contribution in [1.82, 2.24) is 15.3 Å². The van der Waals surface area contributed by atoms with Crippen molar-refractivity contribution in [2.75, 3.05) is 0 Å². The molecule has 1 heterocycles. The molecule has 1 atom stereocenters. The summed E-state index contributed by atoms with van der Waals surface area (Å²) in [6, 6.07) is 11.6. The Morgan fingerprint density at radius 1 is 1.25 bits per heavy atom. The zero-order valence-electron chi connectivity index (χ0n) is 14.4. The highest BCUT2D eigenvalue weighted by atomic mass is 16.7. The van der Waals surface area contributed by atoms with Crippen molar-refractivity contribution in [2.45, 2.75) is 46.0 Å². The van der Waals surface area contributed by atoms with Gasteiger partial charge in [0, 0.05) is 12.0 Å². The van der Waals surface area contributed by atoms with Crippen molar-refractivity contribution in [2.24, 2.45) is 11.8 Å². The predicted molar refractivity (Wildman–Crippen MR) is 92.8 cm³/mol. The van der Waals surface area contributed by atoms with Crippen molar-refractivity contribution >= 4 is 5.91 Å². The monoisotopic (exact) mass is 327 g/mol. The van der Waals surface area contributed by atoms with Crippen molar-refractivity contribution in [3.63, 3.8) is 0 Å². The first-order chi connectivity index (χ1) is 11.6. The first-order valence-corrected chi connectivity index (χ1v) is 8.74. The smallest absolute Gasteiger partial charge is 0.255 e. The molecular weight excluding hydrogens is 302 g/mol. The van der Waals surface area contributed by atoms with Crippen LogP contribution in [0.15, 0.2) is 36.4 Å². The van der Waals surface area contributed by atoms with E-state index in [1.807, 2.05) is 50.2 Å². The topological polar surface area (TPSA) is 56.1 Å². The van der Waals surface area contributed by atoms with Crippen LogP contribution in [0.25, 0.3) is 5.69 Å². The lowest BCUT2D eigenvalue weighted by Crippen LogP contribution is -2.36. The number of nitrogens with zero attached hydrogens (tertiary/aromatic N) is 2. The van der Waals surface area contributed by atoms with Crippen LogP contribution in [0.3, 0.4) is 0 Å². The van der Waals surface area contributed by atoms with Crippen LogP contribution in [0.4, 0.5) is 0 Å². The Bertz CT molecular complexity index is 675. The van der Waals surface area contributed by atoms with Gasteiger partial charge in [0.1, 0.15) is 0 Å². The fourth-order valence-corrected chi connectivity index (χ4v) is 3.35. The first kappa shape index (κ1) is 16.6. The van der Waals surface area contributed by atoms with Crippen LogP contribution < -0.4 is 10.3 Å². The molecule has 1 amide bonds. The van der Waals surface area contributed by atoms with E-state index in [0.29, 0.717) is 11.8 Å². The second-order valence-corrected chi connectivity index (χ2v) is 6.63. The fourth-order valence-electron chi connectivity index (χ4n) is 3.35. The number of aromatic nitrogens is 2. The normalized spacial score (nSPS) is 16.6. The second-order valence-electron chi connectivity index (χ2n) is 6.63. The number of aryl methyl sites for hydroxylation is 1. The molecule has 3 rings (SSSR count). The number of para-hydroxylation sites is 1. The van der Waals surface area contributed by atoms with E-state index in [-0.39, 0.29) is 11.8 Å². The maximum Gasteiger partial charge on any atom is 0.255 e. The maximum atomic E-state index is 12.4. The van der Waals surface area contributed by atoms with E-state index >= 15 is 0 Å². The molecule has 1 N–H and O–H groups in total. The van der Waals surface area contributed by atoms with E-state index in [4.69, 9.17) is 4.84 Å². The molecule has 5 heteroatoms. The molecule has 0 radical (unpaired) electrons. The highest BCUT2D eigenvalue weighted by Crippen LogP contribution is 2.30. The average Bonchev–Trinajstić information content (AvgIpc) is 3.01. The van der Waals surface area contributed by atoms with E-state index in [1.54, 1.807) is 4.68 Å². The van der Waals surface area contributed by atoms with Gasteiger partial charge < -0.3 is 4.84 Å². The number of hydrogen-bond acceptors (Lipinski definition) is 3. The van der Waals surface area contributed by atoms with Gasteiger partial charge in [0.05, 0.1) is 11.4 Å². The lowest BCUT2D eigenvalue weighted by atomic mass is 9.80. The minimum Gasteiger partial charge on any atom is -0.359 e. The number of hydroxylamine groups is 1. The van der Waals surface area contributed by atoms with Crippen molar-refractivity contribution in [3.8, 4) is 11.6 Å². The lowest BCUT2D eigenvalue weighted by molar-refractivity contribution is -0.133. The van der Waals surface area contributed by atoms with E-state index in [2.05, 4.69) is 10.6 Å². The Hall–Kier alpha value is -2.30. The Morgan fingerprint density at radius 2 is 1.96 bits per heavy atom. The molecule has 0 bridgehead atoms. The summed E-state index contributed by atoms with van der Waals surface area (Å²) < 4.78 is 1.70. The Kier molecular flexibility index (Phi) is 5.18. The molecule has 1 fully saturated rings. The molecule has 1 aromatic heterocycles. The van der Waals surface area contributed by atoms with Crippen LogP contribution in [0.2, 0.25) is 0 Å². The minimum absolute atomic E-state index is 0.0282. The molecule has 0 aliphatic heterocycles. The third-order valence-electron chi connectivity index (χ3n) is 4.83. The molecule has 1 aromatic carbocycles. The van der Waals surface area contributed by atoms with E-state index in [0.717, 1.165) is 24.2 Å². The van der Waals surface area contributed by atoms with Crippen LogP contribution in [0.5, 0.6) is 5.88 Å². The quantitative estimate of drug-likeness (QED) is 0.850. The van der Waals surface area contributed by atoms with Gasteiger partial charge in [-0.3, -0.25) is 4.79 Å². The summed E-state index contributed by atoms with van der Waals surface area (Å²) in [5, 5.41) is 4.43. The summed E-state index contributed by atoms with van der Waals surface area (Å²) >= 11 is 0. The highest BCUT2D eigenvalue weighted by Gasteiger charge is 2.26. The van der Waals surface area contributed by atoms with E-state index in [1.165, 1.54) is 19.3 Å². The second kappa shape index (κ2) is 7.51. The van der Waals surface area contributed by atoms with Gasteiger partial charge in [-0.15, -0.1) is 0 Å². The molecule has 2 aromatic rings. The van der Waals surface area contributed by atoms with Crippen LogP contribution in [-0.4, -0.2) is 15.7 Å². The van der Waals surface area contributed by atoms with E-state index < -0.39 is 0 Å². The Morgan fingerprint density at radius 3 is 2.67 bits per heavy atom. The maximum absolute atomic E-state index is 12.4. The molecule has 0 spiro atoms. The molecule has 0 saturated heterocycles. The lowest BCUT2D eigenvalue weighted by Gasteiger charge is -2.26. The summed E-state index contributed by atoms with van der Waals surface area (Å²) in [7, 11) is 0. The Balaban J connectivity index is 1.65. The number of hydrogen-bond donors (Lipinski definition) is 1. The van der Waals surface area contributed by atoms with Gasteiger partial charge in [-0.25, -0.2) is 0 Å². The number of amides is 1. The molecule has 1 saturated carbocycles. The molecule has 1 unspecified atom stereocenters. The van der Waals surface area contributed by atoms with Gasteiger partial charge in [0.25, 0.3) is 5.91 Å². The van der Waals surface area contributed by atoms with Crippen molar-refractivity contribution in [1.29, 1.82) is 0 Å². The van der Waals surface area contributed by atoms with Gasteiger partial charge in [-0.1, -0.05) is 44.4 Å². The van der Waals surface area contributed by atoms with Crippen LogP contribution in [0, 0.1) is 18.8 Å². The number of carbonyl (C=O) groups is 1. The third kappa shape index (κ3) is 3.78. The number of nitrogens with one attached hydrogen (secondary N) is 1. The predicted octanol–water partition coefficient (Wildman–Crippen LogP) is 3.81. The first-order valence-electron chi connectivity index (χ1n) is 8.74. The molecule has 24 heavy (non-hydrogen) atoms. The van der Waals surface area contributed by atoms with Gasteiger partial charge in [-0.05, 0) is 37.8 Å². The van der Waals surface area contributed by atoms with Crippen LogP contribution in [0.1, 0.15) is 44.7 Å². The molecular formula is C19H25N3O2. The van der Waals surface area contributed by atoms with Crippen molar-refractivity contribution < 1.29 is 9.63 Å². The number of carbonyl (C=O) groups excluding carboxylic acids is 1. The molecule has 128 valence electrons. The summed E-state index contributed by atoms with van der Waals surface area (Å²) in [4.78, 5) is 18.0. The van der Waals surface area contributed by atoms with Gasteiger partial charge >= 0.3 is 0 Å². The highest BCUT2D eigenvalue weighted by molar-refractivity contribution is 5.77. The standard InChI is InChI=1S/C19H25N3O2/c1-14-13-18(22(20-14)17-11-7-4-8-12-17)24-21-19(23)15(2)16-9-5-3-6-10-16/h4,7-8,11-13,15-16H,3,5-6,9-10H2,1-2H3,(H,21,23). The minimum atomic E-state index is -0.0552. The van der Waals surface area contributed by atoms with Gasteiger partial charge in [0.2, 0.25) is 5.88 Å². The summed E-state index contributed by atoms with van der Waals surface area (Å²) in [5.41, 5.74) is 4.35. The summed E-state index contributed by atoms with van der Waals surface area (Å²) in [6.07, 6.45) is 6.01. The van der Waals surface area contributed by atoms with Crippen molar-refractivity contribution in [3.05, 3.63) is 42.1 Å². The summed E-state index contributed by atoms with van der Waals surface area (Å²) in [6.45, 7) is 3.90.